The second-order valence-corrected chi connectivity index (χ2v) is 6.09. The van der Waals surface area contributed by atoms with Crippen molar-refractivity contribution in [3.63, 3.8) is 0 Å². The van der Waals surface area contributed by atoms with Crippen LogP contribution in [0.4, 0.5) is 0 Å². The van der Waals surface area contributed by atoms with Crippen molar-refractivity contribution in [1.82, 2.24) is 15.1 Å². The molecule has 0 aliphatic rings. The van der Waals surface area contributed by atoms with Gasteiger partial charge in [0.25, 0.3) is 5.91 Å². The minimum atomic E-state index is -0.809. The summed E-state index contributed by atoms with van der Waals surface area (Å²) >= 11 is 5.87. The fourth-order valence-corrected chi connectivity index (χ4v) is 2.54. The Balaban J connectivity index is 1.60. The number of aliphatic hydroxyl groups is 1. The smallest absolute Gasteiger partial charge is 0.254 e. The van der Waals surface area contributed by atoms with Gasteiger partial charge in [-0.3, -0.25) is 4.79 Å². The van der Waals surface area contributed by atoms with Crippen molar-refractivity contribution >= 4 is 17.5 Å². The summed E-state index contributed by atoms with van der Waals surface area (Å²) in [5.41, 5.74) is 1.90. The second kappa shape index (κ2) is 8.03. The van der Waals surface area contributed by atoms with E-state index < -0.39 is 6.10 Å². The van der Waals surface area contributed by atoms with Crippen molar-refractivity contribution in [3.8, 4) is 11.4 Å². The lowest BCUT2D eigenvalue weighted by Gasteiger charge is -2.12. The Morgan fingerprint density at radius 3 is 2.58 bits per heavy atom. The standard InChI is InChI=1S/C19H18ClN3O3/c1-26-17-8-2-13(3-9-17)18(24)11-21-19(25)14-10-22-23(12-14)16-6-4-15(20)5-7-16/h2-10,12,18,24H,11H2,1H3,(H,21,25). The Kier molecular flexibility index (Phi) is 5.55. The summed E-state index contributed by atoms with van der Waals surface area (Å²) in [6.07, 6.45) is 2.29. The van der Waals surface area contributed by atoms with Crippen LogP contribution in [0.1, 0.15) is 22.0 Å². The Hall–Kier alpha value is -2.83. The van der Waals surface area contributed by atoms with Gasteiger partial charge in [-0.05, 0) is 42.0 Å². The highest BCUT2D eigenvalue weighted by Gasteiger charge is 2.13. The molecular weight excluding hydrogens is 354 g/mol. The molecule has 0 spiro atoms. The van der Waals surface area contributed by atoms with E-state index in [2.05, 4.69) is 10.4 Å². The molecule has 3 aromatic rings. The molecule has 0 fully saturated rings. The van der Waals surface area contributed by atoms with E-state index in [1.54, 1.807) is 54.4 Å². The highest BCUT2D eigenvalue weighted by molar-refractivity contribution is 6.30. The largest absolute Gasteiger partial charge is 0.497 e. The SMILES string of the molecule is COc1ccc(C(O)CNC(=O)c2cnn(-c3ccc(Cl)cc3)c2)cc1. The topological polar surface area (TPSA) is 76.4 Å². The molecule has 0 aliphatic heterocycles. The van der Waals surface area contributed by atoms with E-state index in [9.17, 15) is 9.90 Å². The molecule has 3 rings (SSSR count). The van der Waals surface area contributed by atoms with Crippen LogP contribution in [0.15, 0.2) is 60.9 Å². The van der Waals surface area contributed by atoms with Crippen molar-refractivity contribution in [2.24, 2.45) is 0 Å². The molecular formula is C19H18ClN3O3. The molecule has 2 aromatic carbocycles. The third-order valence-electron chi connectivity index (χ3n) is 3.89. The molecule has 7 heteroatoms. The number of aromatic nitrogens is 2. The molecule has 1 amide bonds. The normalized spacial score (nSPS) is 11.8. The summed E-state index contributed by atoms with van der Waals surface area (Å²) in [5.74, 6) is 0.400. The van der Waals surface area contributed by atoms with Crippen LogP contribution in [0.3, 0.4) is 0 Å². The van der Waals surface area contributed by atoms with Gasteiger partial charge < -0.3 is 15.2 Å². The van der Waals surface area contributed by atoms with Gasteiger partial charge in [0.05, 0.1) is 30.7 Å². The van der Waals surface area contributed by atoms with Crippen LogP contribution in [-0.4, -0.2) is 34.4 Å². The van der Waals surface area contributed by atoms with Crippen molar-refractivity contribution in [1.29, 1.82) is 0 Å². The number of hydrogen-bond donors (Lipinski definition) is 2. The molecule has 134 valence electrons. The molecule has 1 heterocycles. The zero-order chi connectivity index (χ0) is 18.5. The highest BCUT2D eigenvalue weighted by atomic mass is 35.5. The van der Waals surface area contributed by atoms with Gasteiger partial charge in [-0.1, -0.05) is 23.7 Å². The molecule has 1 unspecified atom stereocenters. The van der Waals surface area contributed by atoms with Crippen LogP contribution in [0.2, 0.25) is 5.02 Å². The molecule has 0 saturated carbocycles. The Bertz CT molecular complexity index is 876. The minimum Gasteiger partial charge on any atom is -0.497 e. The zero-order valence-corrected chi connectivity index (χ0v) is 14.8. The fourth-order valence-electron chi connectivity index (χ4n) is 2.41. The number of nitrogens with zero attached hydrogens (tertiary/aromatic N) is 2. The number of ether oxygens (including phenoxy) is 1. The fraction of sp³-hybridized carbons (Fsp3) is 0.158. The van der Waals surface area contributed by atoms with Gasteiger partial charge in [0.15, 0.2) is 0 Å². The van der Waals surface area contributed by atoms with Crippen molar-refractivity contribution in [3.05, 3.63) is 77.1 Å². The molecule has 0 aliphatic carbocycles. The first-order valence-corrected chi connectivity index (χ1v) is 8.35. The summed E-state index contributed by atoms with van der Waals surface area (Å²) in [4.78, 5) is 12.3. The van der Waals surface area contributed by atoms with Crippen molar-refractivity contribution in [2.45, 2.75) is 6.10 Å². The lowest BCUT2D eigenvalue weighted by Crippen LogP contribution is -2.28. The summed E-state index contributed by atoms with van der Waals surface area (Å²) in [6.45, 7) is 0.0945. The van der Waals surface area contributed by atoms with Gasteiger partial charge in [-0.2, -0.15) is 5.10 Å². The Labute approximate surface area is 156 Å². The van der Waals surface area contributed by atoms with Crippen molar-refractivity contribution < 1.29 is 14.6 Å². The van der Waals surface area contributed by atoms with E-state index in [4.69, 9.17) is 16.3 Å². The minimum absolute atomic E-state index is 0.0945. The third-order valence-corrected chi connectivity index (χ3v) is 4.14. The summed E-state index contributed by atoms with van der Waals surface area (Å²) in [7, 11) is 1.58. The molecule has 1 atom stereocenters. The highest BCUT2D eigenvalue weighted by Crippen LogP contribution is 2.17. The summed E-state index contributed by atoms with van der Waals surface area (Å²) in [6, 6.07) is 14.2. The van der Waals surface area contributed by atoms with Crippen LogP contribution in [0.25, 0.3) is 5.69 Å². The van der Waals surface area contributed by atoms with E-state index >= 15 is 0 Å². The van der Waals surface area contributed by atoms with E-state index in [1.807, 2.05) is 12.1 Å². The van der Waals surface area contributed by atoms with Gasteiger partial charge in [-0.25, -0.2) is 4.68 Å². The predicted octanol–water partition coefficient (Wildman–Crippen LogP) is 3.00. The predicted molar refractivity (Wildman–Crippen MR) is 98.9 cm³/mol. The average Bonchev–Trinajstić information content (AvgIpc) is 3.16. The molecule has 0 bridgehead atoms. The first kappa shape index (κ1) is 18.0. The van der Waals surface area contributed by atoms with Crippen LogP contribution < -0.4 is 10.1 Å². The van der Waals surface area contributed by atoms with E-state index in [-0.39, 0.29) is 12.5 Å². The van der Waals surface area contributed by atoms with Gasteiger partial charge in [0.1, 0.15) is 5.75 Å². The third kappa shape index (κ3) is 4.22. The molecule has 26 heavy (non-hydrogen) atoms. The van der Waals surface area contributed by atoms with E-state index in [0.29, 0.717) is 21.9 Å². The average molecular weight is 372 g/mol. The molecule has 0 saturated heterocycles. The van der Waals surface area contributed by atoms with Crippen LogP contribution in [-0.2, 0) is 0 Å². The maximum atomic E-state index is 12.3. The monoisotopic (exact) mass is 371 g/mol. The first-order chi connectivity index (χ1) is 12.6. The second-order valence-electron chi connectivity index (χ2n) is 5.65. The summed E-state index contributed by atoms with van der Waals surface area (Å²) in [5, 5.41) is 17.7. The zero-order valence-electron chi connectivity index (χ0n) is 14.1. The van der Waals surface area contributed by atoms with Crippen LogP contribution in [0.5, 0.6) is 5.75 Å². The maximum absolute atomic E-state index is 12.3. The Morgan fingerprint density at radius 2 is 1.92 bits per heavy atom. The quantitative estimate of drug-likeness (QED) is 0.698. The number of amides is 1. The van der Waals surface area contributed by atoms with E-state index in [1.165, 1.54) is 6.20 Å². The number of aliphatic hydroxyl groups excluding tert-OH is 1. The number of carbonyl (C=O) groups excluding carboxylic acids is 1. The number of hydrogen-bond acceptors (Lipinski definition) is 4. The van der Waals surface area contributed by atoms with Gasteiger partial charge in [0, 0.05) is 17.8 Å². The van der Waals surface area contributed by atoms with E-state index in [0.717, 1.165) is 5.69 Å². The molecule has 6 nitrogen and oxygen atoms in total. The number of halogens is 1. The lowest BCUT2D eigenvalue weighted by atomic mass is 10.1. The van der Waals surface area contributed by atoms with Gasteiger partial charge in [-0.15, -0.1) is 0 Å². The van der Waals surface area contributed by atoms with Crippen LogP contribution >= 0.6 is 11.6 Å². The number of carbonyl (C=O) groups is 1. The number of rotatable bonds is 6. The molecule has 1 aromatic heterocycles. The number of methoxy groups -OCH3 is 1. The first-order valence-electron chi connectivity index (χ1n) is 7.97. The Morgan fingerprint density at radius 1 is 1.23 bits per heavy atom. The summed E-state index contributed by atoms with van der Waals surface area (Å²) < 4.78 is 6.67. The van der Waals surface area contributed by atoms with Gasteiger partial charge >= 0.3 is 0 Å². The molecule has 2 N–H and O–H groups in total. The lowest BCUT2D eigenvalue weighted by molar-refractivity contribution is 0.0916. The maximum Gasteiger partial charge on any atom is 0.254 e. The number of nitrogens with one attached hydrogen (secondary N) is 1. The van der Waals surface area contributed by atoms with Crippen LogP contribution in [0, 0.1) is 0 Å². The number of benzene rings is 2. The van der Waals surface area contributed by atoms with Crippen molar-refractivity contribution in [2.75, 3.05) is 13.7 Å². The van der Waals surface area contributed by atoms with Gasteiger partial charge in [0.2, 0.25) is 0 Å². The molecule has 0 radical (unpaired) electrons.